The molecule has 7 heteroatoms. The molecule has 0 rings (SSSR count). The maximum atomic E-state index is 10.5. The van der Waals surface area contributed by atoms with Crippen molar-refractivity contribution in [1.82, 2.24) is 0 Å². The second kappa shape index (κ2) is 73.9. The average Bonchev–Trinajstić information content (AvgIpc) is 3.40. The van der Waals surface area contributed by atoms with Crippen molar-refractivity contribution in [3.05, 3.63) is 0 Å². The van der Waals surface area contributed by atoms with E-state index in [2.05, 4.69) is 13.8 Å². The predicted octanol–water partition coefficient (Wildman–Crippen LogP) is 21.9. The van der Waals surface area contributed by atoms with Crippen LogP contribution in [-0.4, -0.2) is 56.8 Å². The maximum absolute atomic E-state index is 10.5. The molecule has 0 aromatic rings. The molecule has 0 atom stereocenters. The summed E-state index contributed by atoms with van der Waals surface area (Å²) in [5.74, 6) is -1.30. The summed E-state index contributed by atoms with van der Waals surface area (Å²) in [5.41, 5.74) is 0. The van der Waals surface area contributed by atoms with Crippen molar-refractivity contribution in [3.63, 3.8) is 0 Å². The van der Waals surface area contributed by atoms with Gasteiger partial charge in [0.2, 0.25) is 0 Å². The van der Waals surface area contributed by atoms with Crippen LogP contribution in [0.4, 0.5) is 0 Å². The molecule has 0 radical (unpaired) electrons. The summed E-state index contributed by atoms with van der Waals surface area (Å²) >= 11 is 0. The van der Waals surface area contributed by atoms with Crippen molar-refractivity contribution in [3.8, 4) is 0 Å². The number of carbonyl (C=O) groups is 2. The van der Waals surface area contributed by atoms with E-state index in [0.717, 1.165) is 25.7 Å². The van der Waals surface area contributed by atoms with E-state index in [1.807, 2.05) is 0 Å². The fourth-order valence-corrected chi connectivity index (χ4v) is 10.3. The molecular weight excluding hydrogens is 917 g/mol. The lowest BCUT2D eigenvalue weighted by Crippen LogP contribution is -2.15. The molecule has 0 aromatic carbocycles. The summed E-state index contributed by atoms with van der Waals surface area (Å²) in [6.45, 7) is 3.87. The van der Waals surface area contributed by atoms with Gasteiger partial charge in [-0.25, -0.2) is 0 Å². The lowest BCUT2D eigenvalue weighted by Gasteiger charge is -2.04. The van der Waals surface area contributed by atoms with Crippen LogP contribution in [0.3, 0.4) is 0 Å². The van der Waals surface area contributed by atoms with E-state index in [1.165, 1.54) is 347 Å². The molecule has 7 nitrogen and oxygen atoms in total. The number of aliphatic hydroxyl groups excluding tert-OH is 3. The molecule has 446 valence electrons. The van der Waals surface area contributed by atoms with Gasteiger partial charge >= 0.3 is 11.9 Å². The standard InChI is InChI=1S/2C32H64O2.C3H8O3/c2*1-2-3-4-5-6-7-8-9-10-11-12-13-14-15-16-17-18-19-20-21-22-23-24-25-26-27-28-29-30-31-32(33)34;4-1-3(6)2-5/h2*2-31H2,1H3,(H,33,34);3-6H,1-2H2. The number of aliphatic carboxylic acids is 2. The minimum Gasteiger partial charge on any atom is -0.481 e. The van der Waals surface area contributed by atoms with Crippen LogP contribution >= 0.6 is 0 Å². The number of carboxylic acid groups (broad SMARTS) is 2. The Bertz CT molecular complexity index is 915. The molecule has 0 fully saturated rings. The summed E-state index contributed by atoms with van der Waals surface area (Å²) in [7, 11) is 0. The zero-order valence-corrected chi connectivity index (χ0v) is 50.5. The molecule has 0 spiro atoms. The minimum atomic E-state index is -0.954. The Morgan fingerprint density at radius 2 is 0.338 bits per heavy atom. The highest BCUT2D eigenvalue weighted by Crippen LogP contribution is 2.19. The van der Waals surface area contributed by atoms with Gasteiger partial charge in [0.15, 0.2) is 0 Å². The van der Waals surface area contributed by atoms with Gasteiger partial charge in [0.25, 0.3) is 0 Å². The first-order chi connectivity index (χ1) is 36.3. The number of hydrogen-bond donors (Lipinski definition) is 5. The van der Waals surface area contributed by atoms with Crippen molar-refractivity contribution >= 4 is 11.9 Å². The van der Waals surface area contributed by atoms with E-state index in [-0.39, 0.29) is 13.2 Å². The van der Waals surface area contributed by atoms with E-state index in [4.69, 9.17) is 25.5 Å². The SMILES string of the molecule is CCCCCCCCCCCCCCCCCCCCCCCCCCCCCCCC(=O)O.CCCCCCCCCCCCCCCCCCCCCCCCCCCCCCCC(=O)O.OCC(O)CO. The Morgan fingerprint density at radius 1 is 0.230 bits per heavy atom. The summed E-state index contributed by atoms with van der Waals surface area (Å²) in [4.78, 5) is 20.9. The fraction of sp³-hybridized carbons (Fsp3) is 0.970. The van der Waals surface area contributed by atoms with E-state index >= 15 is 0 Å². The van der Waals surface area contributed by atoms with Gasteiger partial charge in [-0.2, -0.15) is 0 Å². The molecule has 0 aliphatic carbocycles. The second-order valence-corrected chi connectivity index (χ2v) is 23.1. The summed E-state index contributed by atoms with van der Waals surface area (Å²) < 4.78 is 0. The van der Waals surface area contributed by atoms with Crippen LogP contribution in [0, 0.1) is 0 Å². The van der Waals surface area contributed by atoms with Crippen molar-refractivity contribution in [2.75, 3.05) is 13.2 Å². The van der Waals surface area contributed by atoms with Crippen LogP contribution < -0.4 is 0 Å². The molecule has 5 N–H and O–H groups in total. The number of unbranched alkanes of at least 4 members (excludes halogenated alkanes) is 56. The summed E-state index contributed by atoms with van der Waals surface area (Å²) in [5, 5.41) is 41.2. The molecule has 0 heterocycles. The van der Waals surface area contributed by atoms with E-state index in [9.17, 15) is 9.59 Å². The molecule has 0 saturated heterocycles. The Balaban J connectivity index is -0.00000122. The smallest absolute Gasteiger partial charge is 0.303 e. The normalized spacial score (nSPS) is 11.2. The molecule has 0 bridgehead atoms. The molecule has 0 amide bonds. The number of aliphatic hydroxyl groups is 3. The van der Waals surface area contributed by atoms with Gasteiger partial charge in [-0.3, -0.25) is 9.59 Å². The number of hydrogen-bond acceptors (Lipinski definition) is 5. The van der Waals surface area contributed by atoms with Gasteiger partial charge in [0.1, 0.15) is 6.10 Å². The van der Waals surface area contributed by atoms with Gasteiger partial charge in [-0.05, 0) is 12.8 Å². The Hall–Kier alpha value is -1.18. The zero-order chi connectivity index (χ0) is 54.6. The first-order valence-corrected chi connectivity index (χ1v) is 33.7. The molecule has 74 heavy (non-hydrogen) atoms. The van der Waals surface area contributed by atoms with Crippen molar-refractivity contribution in [2.45, 2.75) is 405 Å². The highest BCUT2D eigenvalue weighted by Gasteiger charge is 2.01. The maximum Gasteiger partial charge on any atom is 0.303 e. The van der Waals surface area contributed by atoms with Gasteiger partial charge in [-0.1, -0.05) is 373 Å². The highest BCUT2D eigenvalue weighted by atomic mass is 16.4. The van der Waals surface area contributed by atoms with Crippen LogP contribution in [0.25, 0.3) is 0 Å². The van der Waals surface area contributed by atoms with Crippen LogP contribution in [0.5, 0.6) is 0 Å². The van der Waals surface area contributed by atoms with Crippen LogP contribution in [0.1, 0.15) is 399 Å². The molecule has 0 aliphatic rings. The van der Waals surface area contributed by atoms with Gasteiger partial charge in [-0.15, -0.1) is 0 Å². The molecular formula is C67H136O7. The number of rotatable bonds is 62. The van der Waals surface area contributed by atoms with E-state index < -0.39 is 18.0 Å². The van der Waals surface area contributed by atoms with Gasteiger partial charge in [0.05, 0.1) is 13.2 Å². The predicted molar refractivity (Wildman–Crippen MR) is 324 cm³/mol. The third-order valence-corrected chi connectivity index (χ3v) is 15.4. The first kappa shape index (κ1) is 77.1. The molecule has 0 aromatic heterocycles. The third kappa shape index (κ3) is 82.2. The van der Waals surface area contributed by atoms with Crippen LogP contribution in [0.15, 0.2) is 0 Å². The highest BCUT2D eigenvalue weighted by molar-refractivity contribution is 5.66. The Kier molecular flexibility index (Phi) is 76.9. The summed E-state index contributed by atoms with van der Waals surface area (Å²) in [6, 6.07) is 0. The van der Waals surface area contributed by atoms with Crippen molar-refractivity contribution < 1.29 is 35.1 Å². The minimum absolute atomic E-state index is 0.347. The second-order valence-electron chi connectivity index (χ2n) is 23.1. The topological polar surface area (TPSA) is 135 Å². The van der Waals surface area contributed by atoms with Gasteiger partial charge < -0.3 is 25.5 Å². The van der Waals surface area contributed by atoms with Crippen molar-refractivity contribution in [2.24, 2.45) is 0 Å². The van der Waals surface area contributed by atoms with E-state index in [0.29, 0.717) is 12.8 Å². The lowest BCUT2D eigenvalue weighted by atomic mass is 10.0. The van der Waals surface area contributed by atoms with Crippen molar-refractivity contribution in [1.29, 1.82) is 0 Å². The first-order valence-electron chi connectivity index (χ1n) is 33.7. The number of carboxylic acids is 2. The molecule has 0 aliphatic heterocycles. The van der Waals surface area contributed by atoms with E-state index in [1.54, 1.807) is 0 Å². The van der Waals surface area contributed by atoms with Crippen LogP contribution in [-0.2, 0) is 9.59 Å². The lowest BCUT2D eigenvalue weighted by molar-refractivity contribution is -0.138. The summed E-state index contributed by atoms with van der Waals surface area (Å²) in [6.07, 6.45) is 80.9. The Morgan fingerprint density at radius 3 is 0.419 bits per heavy atom. The van der Waals surface area contributed by atoms with Gasteiger partial charge in [0, 0.05) is 12.8 Å². The largest absolute Gasteiger partial charge is 0.481 e. The zero-order valence-electron chi connectivity index (χ0n) is 50.5. The molecule has 0 saturated carbocycles. The Labute approximate surface area is 463 Å². The third-order valence-electron chi connectivity index (χ3n) is 15.4. The molecule has 0 unspecified atom stereocenters. The fourth-order valence-electron chi connectivity index (χ4n) is 10.3. The van der Waals surface area contributed by atoms with Crippen LogP contribution in [0.2, 0.25) is 0 Å². The average molecular weight is 1050 g/mol. The monoisotopic (exact) mass is 1050 g/mol. The quantitative estimate of drug-likeness (QED) is 0.0383.